The van der Waals surface area contributed by atoms with Crippen molar-refractivity contribution in [2.45, 2.75) is 28.2 Å². The number of nitrogens with one attached hydrogen (secondary N) is 2. The molecule has 0 saturated heterocycles. The van der Waals surface area contributed by atoms with E-state index in [4.69, 9.17) is 10.5 Å². The van der Waals surface area contributed by atoms with Crippen molar-refractivity contribution in [3.05, 3.63) is 84.2 Å². The number of hydrogen-bond donors (Lipinski definition) is 3. The lowest BCUT2D eigenvalue weighted by atomic mass is 10.2. The number of nitrogens with two attached hydrogens (primary N) is 1. The van der Waals surface area contributed by atoms with Crippen LogP contribution in [-0.4, -0.2) is 44.4 Å². The summed E-state index contributed by atoms with van der Waals surface area (Å²) in [7, 11) is 4.98. The number of rotatable bonds is 6. The summed E-state index contributed by atoms with van der Waals surface area (Å²) in [5, 5.41) is 13.6. The normalized spacial score (nSPS) is 10.2. The van der Waals surface area contributed by atoms with Crippen LogP contribution in [0.2, 0.25) is 0 Å². The number of nitrogen functional groups attached to an aromatic ring is 1. The fraction of sp³-hybridized carbons (Fsp3) is 0.250. The molecule has 0 aliphatic carbocycles. The molecule has 0 spiro atoms. The van der Waals surface area contributed by atoms with Crippen LogP contribution in [0.4, 0.5) is 23.0 Å². The molecule has 11 nitrogen and oxygen atoms in total. The van der Waals surface area contributed by atoms with Crippen molar-refractivity contribution in [2.75, 3.05) is 23.5 Å². The molecule has 0 radical (unpaired) electrons. The summed E-state index contributed by atoms with van der Waals surface area (Å²) in [6.07, 6.45) is 3.59. The molecule has 0 saturated carbocycles. The van der Waals surface area contributed by atoms with Crippen molar-refractivity contribution in [2.24, 2.45) is 19.1 Å². The summed E-state index contributed by atoms with van der Waals surface area (Å²) in [5.41, 5.74) is 7.94. The Bertz CT molecular complexity index is 1360. The summed E-state index contributed by atoms with van der Waals surface area (Å²) < 4.78 is 8.17. The van der Waals surface area contributed by atoms with Gasteiger partial charge in [-0.25, -0.2) is 0 Å². The lowest BCUT2D eigenvalue weighted by molar-refractivity contribution is 0.101. The van der Waals surface area contributed by atoms with Crippen molar-refractivity contribution in [3.8, 4) is 0 Å². The zero-order chi connectivity index (χ0) is 26.8. The highest BCUT2D eigenvalue weighted by Crippen LogP contribution is 2.20. The quantitative estimate of drug-likeness (QED) is 0.227. The molecule has 208 valence electrons. The van der Waals surface area contributed by atoms with Gasteiger partial charge in [-0.1, -0.05) is 58.2 Å². The maximum absolute atomic E-state index is 12.3. The number of anilines is 3. The third-order valence-corrected chi connectivity index (χ3v) is 5.21. The standard InChI is InChI=1S/C15H18N4O2.C11H12N4O.2CH4/c1-4-13(21-3)18-14-12(10-16-19(14)2)15(20)17-11-8-6-5-7-9-11;1-15-10(12)9(7-13-15)11(16)14-8-5-3-2-4-6-8;;/h5-10H,4H2,1-3H3,(H,17,20);2-7H,12H2,1H3,(H,14,16);2*1H4. The van der Waals surface area contributed by atoms with E-state index in [1.54, 1.807) is 25.9 Å². The van der Waals surface area contributed by atoms with Gasteiger partial charge in [-0.05, 0) is 24.3 Å². The average Bonchev–Trinajstić information content (AvgIpc) is 3.45. The Morgan fingerprint density at radius 1 is 0.846 bits per heavy atom. The Labute approximate surface area is 229 Å². The van der Waals surface area contributed by atoms with Crippen LogP contribution in [-0.2, 0) is 18.8 Å². The minimum Gasteiger partial charge on any atom is -0.484 e. The van der Waals surface area contributed by atoms with Gasteiger partial charge in [0.05, 0.1) is 19.5 Å². The van der Waals surface area contributed by atoms with E-state index in [2.05, 4.69) is 25.8 Å². The molecule has 0 aliphatic rings. The molecule has 2 aromatic carbocycles. The minimum atomic E-state index is -0.253. The van der Waals surface area contributed by atoms with Crippen LogP contribution in [0.15, 0.2) is 78.0 Å². The molecule has 0 aliphatic heterocycles. The Hall–Kier alpha value is -4.93. The predicted octanol–water partition coefficient (Wildman–Crippen LogP) is 5.29. The van der Waals surface area contributed by atoms with Gasteiger partial charge in [-0.3, -0.25) is 19.0 Å². The van der Waals surface area contributed by atoms with Crippen molar-refractivity contribution < 1.29 is 14.3 Å². The van der Waals surface area contributed by atoms with E-state index < -0.39 is 0 Å². The topological polar surface area (TPSA) is 141 Å². The number of methoxy groups -OCH3 is 1. The minimum absolute atomic E-state index is 0. The number of amides is 2. The van der Waals surface area contributed by atoms with E-state index in [9.17, 15) is 9.59 Å². The first-order valence-electron chi connectivity index (χ1n) is 11.5. The SMILES string of the molecule is C.C.CCC(=Nc1c(C(=O)Nc2ccccc2)cnn1C)OC.Cn1ncc(C(=O)Nc2ccccc2)c1N. The van der Waals surface area contributed by atoms with E-state index in [0.29, 0.717) is 35.1 Å². The number of para-hydroxylation sites is 2. The smallest absolute Gasteiger partial charge is 0.261 e. The van der Waals surface area contributed by atoms with Gasteiger partial charge in [0.2, 0.25) is 0 Å². The lowest BCUT2D eigenvalue weighted by Crippen LogP contribution is -2.13. The second kappa shape index (κ2) is 15.4. The van der Waals surface area contributed by atoms with Gasteiger partial charge >= 0.3 is 0 Å². The third-order valence-electron chi connectivity index (χ3n) is 5.21. The van der Waals surface area contributed by atoms with Gasteiger partial charge in [0.25, 0.3) is 11.8 Å². The largest absolute Gasteiger partial charge is 0.484 e. The first-order valence-corrected chi connectivity index (χ1v) is 11.5. The average molecular weight is 535 g/mol. The number of aromatic nitrogens is 4. The van der Waals surface area contributed by atoms with Gasteiger partial charge in [0, 0.05) is 31.9 Å². The van der Waals surface area contributed by atoms with Crippen molar-refractivity contribution in [1.82, 2.24) is 19.6 Å². The number of carbonyl (C=O) groups is 2. The highest BCUT2D eigenvalue weighted by Gasteiger charge is 2.17. The third kappa shape index (κ3) is 8.56. The first-order chi connectivity index (χ1) is 17.8. The molecule has 0 bridgehead atoms. The zero-order valence-electron chi connectivity index (χ0n) is 21.2. The number of benzene rings is 2. The fourth-order valence-electron chi connectivity index (χ4n) is 3.17. The van der Waals surface area contributed by atoms with Gasteiger partial charge in [-0.15, -0.1) is 0 Å². The molecule has 4 rings (SSSR count). The monoisotopic (exact) mass is 534 g/mol. The molecule has 0 unspecified atom stereocenters. The van der Waals surface area contributed by atoms with E-state index in [1.165, 1.54) is 17.1 Å². The maximum atomic E-state index is 12.3. The van der Waals surface area contributed by atoms with Gasteiger partial charge in [0.15, 0.2) is 11.7 Å². The summed E-state index contributed by atoms with van der Waals surface area (Å²) in [5.74, 6) is 0.874. The molecule has 11 heteroatoms. The molecule has 0 atom stereocenters. The molecule has 2 aromatic heterocycles. The molecule has 4 N–H and O–H groups in total. The Balaban J connectivity index is 0.000000382. The van der Waals surface area contributed by atoms with Gasteiger partial charge in [-0.2, -0.15) is 15.2 Å². The van der Waals surface area contributed by atoms with Crippen LogP contribution in [0.25, 0.3) is 0 Å². The number of nitrogens with zero attached hydrogens (tertiary/aromatic N) is 5. The molecule has 0 fully saturated rings. The van der Waals surface area contributed by atoms with Crippen molar-refractivity contribution >= 4 is 40.7 Å². The highest BCUT2D eigenvalue weighted by atomic mass is 16.5. The van der Waals surface area contributed by atoms with Crippen LogP contribution < -0.4 is 16.4 Å². The summed E-state index contributed by atoms with van der Waals surface area (Å²) in [6, 6.07) is 18.5. The van der Waals surface area contributed by atoms with E-state index in [0.717, 1.165) is 11.4 Å². The number of aryl methyl sites for hydroxylation is 2. The number of hydrogen-bond acceptors (Lipinski definition) is 7. The van der Waals surface area contributed by atoms with Crippen LogP contribution in [0, 0.1) is 0 Å². The Morgan fingerprint density at radius 2 is 1.31 bits per heavy atom. The fourth-order valence-corrected chi connectivity index (χ4v) is 3.17. The molecular weight excluding hydrogens is 496 g/mol. The number of ether oxygens (including phenoxy) is 1. The second-order valence-corrected chi connectivity index (χ2v) is 7.78. The van der Waals surface area contributed by atoms with Crippen LogP contribution in [0.3, 0.4) is 0 Å². The van der Waals surface area contributed by atoms with Crippen LogP contribution in [0.5, 0.6) is 0 Å². The van der Waals surface area contributed by atoms with Crippen LogP contribution in [0.1, 0.15) is 48.9 Å². The van der Waals surface area contributed by atoms with E-state index in [1.807, 2.05) is 67.6 Å². The molecular formula is C28H38N8O3. The highest BCUT2D eigenvalue weighted by molar-refractivity contribution is 6.08. The summed E-state index contributed by atoms with van der Waals surface area (Å²) >= 11 is 0. The van der Waals surface area contributed by atoms with Gasteiger partial charge in [0.1, 0.15) is 16.9 Å². The van der Waals surface area contributed by atoms with Crippen molar-refractivity contribution in [1.29, 1.82) is 0 Å². The summed E-state index contributed by atoms with van der Waals surface area (Å²) in [6.45, 7) is 1.93. The number of aliphatic imine (C=N–C) groups is 1. The second-order valence-electron chi connectivity index (χ2n) is 7.78. The van der Waals surface area contributed by atoms with E-state index >= 15 is 0 Å². The van der Waals surface area contributed by atoms with Crippen LogP contribution >= 0.6 is 0 Å². The first kappa shape index (κ1) is 32.1. The van der Waals surface area contributed by atoms with Crippen molar-refractivity contribution in [3.63, 3.8) is 0 Å². The number of carbonyl (C=O) groups excluding carboxylic acids is 2. The molecule has 2 heterocycles. The predicted molar refractivity (Wildman–Crippen MR) is 157 cm³/mol. The summed E-state index contributed by atoms with van der Waals surface area (Å²) in [4.78, 5) is 28.5. The molecule has 2 amide bonds. The Kier molecular flexibility index (Phi) is 12.6. The van der Waals surface area contributed by atoms with Gasteiger partial charge < -0.3 is 21.1 Å². The maximum Gasteiger partial charge on any atom is 0.261 e. The molecule has 39 heavy (non-hydrogen) atoms. The van der Waals surface area contributed by atoms with E-state index in [-0.39, 0.29) is 26.7 Å². The lowest BCUT2D eigenvalue weighted by Gasteiger charge is -2.06. The Morgan fingerprint density at radius 3 is 1.74 bits per heavy atom. The zero-order valence-corrected chi connectivity index (χ0v) is 21.2. The molecule has 4 aromatic rings.